The topological polar surface area (TPSA) is 98.4 Å². The number of hydrogen-bond acceptors (Lipinski definition) is 5. The Morgan fingerprint density at radius 3 is 2.14 bits per heavy atom. The summed E-state index contributed by atoms with van der Waals surface area (Å²) in [5, 5.41) is 30.5. The number of rotatable bonds is 9. The first-order valence-electron chi connectivity index (χ1n) is 10.5. The Hall–Kier alpha value is -2.24. The molecule has 1 aromatic heterocycles. The summed E-state index contributed by atoms with van der Waals surface area (Å²) in [6.45, 7) is 1.52. The normalized spacial score (nSPS) is 13.2. The maximum absolute atomic E-state index is 14.0. The number of carboxylic acid groups (broad SMARTS) is 1. The Morgan fingerprint density at radius 1 is 1.03 bits per heavy atom. The van der Waals surface area contributed by atoms with Crippen molar-refractivity contribution in [3.8, 4) is 22.5 Å². The van der Waals surface area contributed by atoms with Gasteiger partial charge in [0, 0.05) is 30.1 Å². The predicted molar refractivity (Wildman–Crippen MR) is 114 cm³/mol. The molecule has 2 atom stereocenters. The van der Waals surface area contributed by atoms with Gasteiger partial charge in [-0.05, 0) is 44.0 Å². The first-order chi connectivity index (χ1) is 16.0. The van der Waals surface area contributed by atoms with Crippen molar-refractivity contribution in [1.82, 2.24) is 9.55 Å². The zero-order valence-electron chi connectivity index (χ0n) is 19.2. The smallest absolute Gasteiger partial charge is 0.550 e. The van der Waals surface area contributed by atoms with Gasteiger partial charge >= 0.3 is 35.7 Å². The molecule has 0 unspecified atom stereocenters. The molecule has 0 saturated heterocycles. The SMILES string of the molecule is Cc1ccc(-c2c(-c3ccc(F)cc3)nc(C(F)(F)F)n2CC[C@@H](O)C[C@@H](O)CC(=O)[O-])cc1.[Na+]. The third-order valence-corrected chi connectivity index (χ3v) is 5.30. The van der Waals surface area contributed by atoms with Crippen LogP contribution in [-0.4, -0.2) is 37.9 Å². The van der Waals surface area contributed by atoms with Gasteiger partial charge in [-0.3, -0.25) is 0 Å². The van der Waals surface area contributed by atoms with Crippen molar-refractivity contribution in [2.24, 2.45) is 0 Å². The van der Waals surface area contributed by atoms with Gasteiger partial charge in [0.15, 0.2) is 0 Å². The summed E-state index contributed by atoms with van der Waals surface area (Å²) in [6.07, 6.45) is -8.72. The van der Waals surface area contributed by atoms with Crippen molar-refractivity contribution >= 4 is 5.97 Å². The zero-order valence-corrected chi connectivity index (χ0v) is 21.2. The van der Waals surface area contributed by atoms with E-state index in [-0.39, 0.29) is 65.9 Å². The van der Waals surface area contributed by atoms with E-state index in [4.69, 9.17) is 0 Å². The van der Waals surface area contributed by atoms with Crippen molar-refractivity contribution in [3.63, 3.8) is 0 Å². The number of imidazole rings is 1. The summed E-state index contributed by atoms with van der Waals surface area (Å²) in [6, 6.07) is 11.7. The van der Waals surface area contributed by atoms with Crippen molar-refractivity contribution < 1.29 is 67.2 Å². The summed E-state index contributed by atoms with van der Waals surface area (Å²) in [7, 11) is 0. The van der Waals surface area contributed by atoms with Crippen LogP contribution < -0.4 is 34.7 Å². The molecule has 0 amide bonds. The van der Waals surface area contributed by atoms with Crippen LogP contribution in [0, 0.1) is 12.7 Å². The van der Waals surface area contributed by atoms with Crippen molar-refractivity contribution in [2.45, 2.75) is 51.1 Å². The van der Waals surface area contributed by atoms with E-state index in [1.165, 1.54) is 12.1 Å². The quantitative estimate of drug-likeness (QED) is 0.325. The fourth-order valence-corrected chi connectivity index (χ4v) is 3.69. The second kappa shape index (κ2) is 12.1. The Kier molecular flexibility index (Phi) is 10.1. The minimum Gasteiger partial charge on any atom is -0.550 e. The molecular weight excluding hydrogens is 479 g/mol. The standard InChI is InChI=1S/C24H24F4N2O4.Na/c1-14-2-4-16(5-3-14)22-21(15-6-8-17(25)9-7-15)29-23(24(26,27)28)30(22)11-10-18(31)12-19(32)13-20(33)34;/h2-9,18-19,31-32H,10-13H2,1H3,(H,33,34);/q;+1/p-1/t18-,19-;/m1./s1. The van der Waals surface area contributed by atoms with Crippen LogP contribution in [0.15, 0.2) is 48.5 Å². The average Bonchev–Trinajstić information content (AvgIpc) is 3.12. The molecule has 182 valence electrons. The van der Waals surface area contributed by atoms with Gasteiger partial charge in [0.25, 0.3) is 0 Å². The van der Waals surface area contributed by atoms with Crippen molar-refractivity contribution in [1.29, 1.82) is 0 Å². The van der Waals surface area contributed by atoms with E-state index in [2.05, 4.69) is 4.98 Å². The van der Waals surface area contributed by atoms with Crippen LogP contribution in [0.2, 0.25) is 0 Å². The molecule has 35 heavy (non-hydrogen) atoms. The van der Waals surface area contributed by atoms with E-state index in [0.717, 1.165) is 22.3 Å². The number of benzene rings is 2. The molecule has 3 rings (SSSR count). The summed E-state index contributed by atoms with van der Waals surface area (Å²) < 4.78 is 56.3. The molecule has 0 spiro atoms. The summed E-state index contributed by atoms with van der Waals surface area (Å²) in [4.78, 5) is 14.5. The van der Waals surface area contributed by atoms with Gasteiger partial charge < -0.3 is 24.7 Å². The van der Waals surface area contributed by atoms with E-state index < -0.39 is 42.4 Å². The number of aliphatic hydroxyl groups is 2. The van der Waals surface area contributed by atoms with Crippen LogP contribution in [0.3, 0.4) is 0 Å². The number of hydrogen-bond donors (Lipinski definition) is 2. The maximum Gasteiger partial charge on any atom is 1.00 e. The van der Waals surface area contributed by atoms with Crippen LogP contribution >= 0.6 is 0 Å². The number of halogens is 4. The monoisotopic (exact) mass is 502 g/mol. The van der Waals surface area contributed by atoms with Gasteiger partial charge in [0.1, 0.15) is 5.82 Å². The van der Waals surface area contributed by atoms with E-state index in [0.29, 0.717) is 5.56 Å². The Bertz CT molecular complexity index is 1130. The van der Waals surface area contributed by atoms with Gasteiger partial charge in [0.2, 0.25) is 5.82 Å². The number of carbonyl (C=O) groups is 1. The van der Waals surface area contributed by atoms with E-state index >= 15 is 0 Å². The second-order valence-corrected chi connectivity index (χ2v) is 8.06. The minimum atomic E-state index is -4.82. The molecular formula is C24H23F4N2NaO4. The molecule has 0 aliphatic rings. The number of alkyl halides is 3. The summed E-state index contributed by atoms with van der Waals surface area (Å²) in [5.74, 6) is -3.24. The average molecular weight is 502 g/mol. The van der Waals surface area contributed by atoms with Crippen molar-refractivity contribution in [3.05, 3.63) is 65.7 Å². The third-order valence-electron chi connectivity index (χ3n) is 5.30. The fraction of sp³-hybridized carbons (Fsp3) is 0.333. The number of carbonyl (C=O) groups excluding carboxylic acids is 1. The molecule has 2 N–H and O–H groups in total. The summed E-state index contributed by atoms with van der Waals surface area (Å²) >= 11 is 0. The Labute approximate surface area is 221 Å². The van der Waals surface area contributed by atoms with Gasteiger partial charge in [0.05, 0.1) is 23.6 Å². The van der Waals surface area contributed by atoms with E-state index in [1.807, 2.05) is 6.92 Å². The molecule has 0 aliphatic heterocycles. The molecule has 0 saturated carbocycles. The molecule has 2 aromatic carbocycles. The first kappa shape index (κ1) is 29.0. The minimum absolute atomic E-state index is 0. The molecule has 0 bridgehead atoms. The predicted octanol–water partition coefficient (Wildman–Crippen LogP) is 0.329. The molecule has 11 heteroatoms. The number of aliphatic carboxylic acids is 1. The van der Waals surface area contributed by atoms with Gasteiger partial charge in [-0.2, -0.15) is 13.2 Å². The number of aliphatic hydroxyl groups excluding tert-OH is 2. The van der Waals surface area contributed by atoms with Gasteiger partial charge in [-0.25, -0.2) is 9.37 Å². The van der Waals surface area contributed by atoms with Gasteiger partial charge in [-0.15, -0.1) is 0 Å². The number of carboxylic acids is 1. The number of aromatic nitrogens is 2. The van der Waals surface area contributed by atoms with E-state index in [9.17, 15) is 37.7 Å². The molecule has 0 radical (unpaired) electrons. The van der Waals surface area contributed by atoms with Crippen LogP contribution in [-0.2, 0) is 17.5 Å². The first-order valence-corrected chi connectivity index (χ1v) is 10.5. The van der Waals surface area contributed by atoms with Crippen LogP contribution in [0.1, 0.15) is 30.7 Å². The third kappa shape index (κ3) is 7.62. The van der Waals surface area contributed by atoms with Crippen molar-refractivity contribution in [2.75, 3.05) is 0 Å². The van der Waals surface area contributed by atoms with E-state index in [1.54, 1.807) is 24.3 Å². The number of aryl methyl sites for hydroxylation is 1. The molecule has 6 nitrogen and oxygen atoms in total. The fourth-order valence-electron chi connectivity index (χ4n) is 3.69. The van der Waals surface area contributed by atoms with Crippen LogP contribution in [0.5, 0.6) is 0 Å². The molecule has 1 heterocycles. The Balaban J connectivity index is 0.00000432. The largest absolute Gasteiger partial charge is 1.00 e. The zero-order chi connectivity index (χ0) is 25.0. The maximum atomic E-state index is 14.0. The van der Waals surface area contributed by atoms with Crippen LogP contribution in [0.25, 0.3) is 22.5 Å². The second-order valence-electron chi connectivity index (χ2n) is 8.06. The molecule has 0 aliphatic carbocycles. The molecule has 0 fully saturated rings. The molecule has 3 aromatic rings. The Morgan fingerprint density at radius 2 is 1.60 bits per heavy atom. The summed E-state index contributed by atoms with van der Waals surface area (Å²) in [5.41, 5.74) is 1.76. The van der Waals surface area contributed by atoms with Gasteiger partial charge in [-0.1, -0.05) is 29.8 Å². The van der Waals surface area contributed by atoms with Crippen LogP contribution in [0.4, 0.5) is 17.6 Å². The number of nitrogens with zero attached hydrogens (tertiary/aromatic N) is 2.